The van der Waals surface area contributed by atoms with Crippen LogP contribution in [0.3, 0.4) is 0 Å². The molecule has 0 saturated carbocycles. The lowest BCUT2D eigenvalue weighted by atomic mass is 10.1. The number of nitrogens with zero attached hydrogens (tertiary/aromatic N) is 3. The number of hydrogen-bond acceptors (Lipinski definition) is 5. The maximum Gasteiger partial charge on any atom is 0.275 e. The van der Waals surface area contributed by atoms with Crippen molar-refractivity contribution in [3.8, 4) is 0 Å². The van der Waals surface area contributed by atoms with E-state index >= 15 is 0 Å². The van der Waals surface area contributed by atoms with Crippen molar-refractivity contribution >= 4 is 46.6 Å². The van der Waals surface area contributed by atoms with Gasteiger partial charge in [0.05, 0.1) is 27.6 Å². The van der Waals surface area contributed by atoms with Gasteiger partial charge in [-0.2, -0.15) is 5.01 Å². The molecule has 0 bridgehead atoms. The Morgan fingerprint density at radius 3 is 2.36 bits per heavy atom. The van der Waals surface area contributed by atoms with Crippen LogP contribution in [0.1, 0.15) is 28.8 Å². The van der Waals surface area contributed by atoms with Crippen molar-refractivity contribution in [1.29, 1.82) is 0 Å². The number of carbonyl (C=O) groups is 3. The molecule has 1 fully saturated rings. The summed E-state index contributed by atoms with van der Waals surface area (Å²) in [6, 6.07) is 10.1. The molecule has 2 aromatic rings. The van der Waals surface area contributed by atoms with E-state index < -0.39 is 22.6 Å². The van der Waals surface area contributed by atoms with Gasteiger partial charge in [0.25, 0.3) is 11.6 Å². The fourth-order valence-corrected chi connectivity index (χ4v) is 3.23. The largest absolute Gasteiger partial charge is 0.275 e. The van der Waals surface area contributed by atoms with Gasteiger partial charge in [0, 0.05) is 23.9 Å². The summed E-state index contributed by atoms with van der Waals surface area (Å²) in [4.78, 5) is 48.3. The van der Waals surface area contributed by atoms with Crippen molar-refractivity contribution in [1.82, 2.24) is 10.0 Å². The van der Waals surface area contributed by atoms with E-state index in [-0.39, 0.29) is 46.2 Å². The smallest absolute Gasteiger partial charge is 0.273 e. The zero-order valence-electron chi connectivity index (χ0n) is 14.3. The van der Waals surface area contributed by atoms with Gasteiger partial charge in [-0.3, -0.25) is 24.5 Å². The predicted molar refractivity (Wildman–Crippen MR) is 101 cm³/mol. The van der Waals surface area contributed by atoms with Gasteiger partial charge in [-0.15, -0.1) is 0 Å². The Kier molecular flexibility index (Phi) is 5.62. The highest BCUT2D eigenvalue weighted by Crippen LogP contribution is 2.28. The van der Waals surface area contributed by atoms with Gasteiger partial charge < -0.3 is 0 Å². The molecule has 0 spiro atoms. The lowest BCUT2D eigenvalue weighted by Crippen LogP contribution is -2.49. The first kappa shape index (κ1) is 19.8. The highest BCUT2D eigenvalue weighted by molar-refractivity contribution is 6.33. The molecule has 3 rings (SSSR count). The number of hydrazine groups is 1. The second kappa shape index (κ2) is 7.95. The predicted octanol–water partition coefficient (Wildman–Crippen LogP) is 3.61. The van der Waals surface area contributed by atoms with Crippen molar-refractivity contribution in [2.45, 2.75) is 19.4 Å². The summed E-state index contributed by atoms with van der Waals surface area (Å²) in [7, 11) is 0. The molecule has 28 heavy (non-hydrogen) atoms. The van der Waals surface area contributed by atoms with Crippen LogP contribution in [0.5, 0.6) is 0 Å². The van der Waals surface area contributed by atoms with Crippen LogP contribution >= 0.6 is 23.2 Å². The summed E-state index contributed by atoms with van der Waals surface area (Å²) in [5.41, 5.74) is -0.154. The molecular weight excluding hydrogens is 409 g/mol. The van der Waals surface area contributed by atoms with Gasteiger partial charge in [0.2, 0.25) is 11.8 Å². The monoisotopic (exact) mass is 421 g/mol. The molecule has 1 saturated heterocycles. The quantitative estimate of drug-likeness (QED) is 0.416. The molecule has 0 unspecified atom stereocenters. The van der Waals surface area contributed by atoms with Crippen molar-refractivity contribution in [2.24, 2.45) is 0 Å². The number of imide groups is 1. The summed E-state index contributed by atoms with van der Waals surface area (Å²) < 4.78 is 0. The Morgan fingerprint density at radius 1 is 1.11 bits per heavy atom. The lowest BCUT2D eigenvalue weighted by Gasteiger charge is -2.30. The summed E-state index contributed by atoms with van der Waals surface area (Å²) in [5, 5.41) is 13.3. The summed E-state index contributed by atoms with van der Waals surface area (Å²) >= 11 is 11.9. The summed E-state index contributed by atoms with van der Waals surface area (Å²) in [6.07, 6.45) is -0.0955. The van der Waals surface area contributed by atoms with E-state index in [1.165, 1.54) is 24.3 Å². The minimum Gasteiger partial charge on any atom is -0.273 e. The van der Waals surface area contributed by atoms with E-state index in [1.54, 1.807) is 12.1 Å². The fourth-order valence-electron chi connectivity index (χ4n) is 2.84. The standard InChI is InChI=1S/C18H13Cl2N3O5/c19-12-6-5-11(15(9-12)23(27)28)10-21(22-16(24)7-8-17(22)25)18(26)13-3-1-2-4-14(13)20/h1-6,9H,7-8,10H2. The van der Waals surface area contributed by atoms with Crippen LogP contribution in [0, 0.1) is 10.1 Å². The first-order valence-electron chi connectivity index (χ1n) is 8.14. The Labute approximate surface area is 169 Å². The maximum atomic E-state index is 13.1. The molecule has 0 aliphatic carbocycles. The molecule has 144 valence electrons. The van der Waals surface area contributed by atoms with Crippen LogP contribution in [0.15, 0.2) is 42.5 Å². The van der Waals surface area contributed by atoms with E-state index in [4.69, 9.17) is 23.2 Å². The average molecular weight is 422 g/mol. The molecule has 1 heterocycles. The zero-order valence-corrected chi connectivity index (χ0v) is 15.8. The molecule has 0 aromatic heterocycles. The highest BCUT2D eigenvalue weighted by atomic mass is 35.5. The van der Waals surface area contributed by atoms with Crippen LogP contribution in [-0.4, -0.2) is 32.7 Å². The van der Waals surface area contributed by atoms with Crippen molar-refractivity contribution in [2.75, 3.05) is 0 Å². The topological polar surface area (TPSA) is 101 Å². The molecule has 2 aromatic carbocycles. The third-order valence-electron chi connectivity index (χ3n) is 4.17. The number of rotatable bonds is 5. The molecule has 1 aliphatic heterocycles. The van der Waals surface area contributed by atoms with Gasteiger partial charge >= 0.3 is 0 Å². The minimum atomic E-state index is -0.724. The fraction of sp³-hybridized carbons (Fsp3) is 0.167. The van der Waals surface area contributed by atoms with Crippen molar-refractivity contribution < 1.29 is 19.3 Å². The lowest BCUT2D eigenvalue weighted by molar-refractivity contribution is -0.385. The van der Waals surface area contributed by atoms with Crippen molar-refractivity contribution in [3.05, 3.63) is 73.8 Å². The van der Waals surface area contributed by atoms with E-state index in [0.29, 0.717) is 0 Å². The van der Waals surface area contributed by atoms with Crippen molar-refractivity contribution in [3.63, 3.8) is 0 Å². The molecule has 0 radical (unpaired) electrons. The first-order chi connectivity index (χ1) is 13.3. The van der Waals surface area contributed by atoms with Crippen LogP contribution in [0.2, 0.25) is 10.0 Å². The SMILES string of the molecule is O=C(c1ccccc1Cl)N(Cc1ccc(Cl)cc1[N+](=O)[O-])N1C(=O)CCC1=O. The molecule has 0 N–H and O–H groups in total. The van der Waals surface area contributed by atoms with Crippen LogP contribution in [-0.2, 0) is 16.1 Å². The number of hydrogen-bond donors (Lipinski definition) is 0. The Bertz CT molecular complexity index is 979. The number of halogens is 2. The summed E-state index contributed by atoms with van der Waals surface area (Å²) in [5.74, 6) is -1.86. The maximum absolute atomic E-state index is 13.1. The second-order valence-electron chi connectivity index (χ2n) is 5.97. The van der Waals surface area contributed by atoms with E-state index in [0.717, 1.165) is 16.1 Å². The minimum absolute atomic E-state index is 0.0478. The molecule has 8 nitrogen and oxygen atoms in total. The second-order valence-corrected chi connectivity index (χ2v) is 6.82. The first-order valence-corrected chi connectivity index (χ1v) is 8.90. The van der Waals surface area contributed by atoms with Gasteiger partial charge in [0.1, 0.15) is 0 Å². The Balaban J connectivity index is 2.07. The molecule has 0 atom stereocenters. The van der Waals surface area contributed by atoms with E-state index in [9.17, 15) is 24.5 Å². The number of nitro benzene ring substituents is 1. The van der Waals surface area contributed by atoms with Gasteiger partial charge in [-0.1, -0.05) is 35.3 Å². The van der Waals surface area contributed by atoms with Gasteiger partial charge in [-0.05, 0) is 24.3 Å². The number of benzene rings is 2. The highest BCUT2D eigenvalue weighted by Gasteiger charge is 2.38. The average Bonchev–Trinajstić information content (AvgIpc) is 2.99. The molecule has 3 amide bonds. The molecule has 10 heteroatoms. The van der Waals surface area contributed by atoms with E-state index in [1.807, 2.05) is 0 Å². The summed E-state index contributed by atoms with van der Waals surface area (Å²) in [6.45, 7) is -0.380. The molecule has 1 aliphatic rings. The molecular formula is C18H13Cl2N3O5. The number of carbonyl (C=O) groups excluding carboxylic acids is 3. The normalized spacial score (nSPS) is 13.7. The van der Waals surface area contributed by atoms with E-state index in [2.05, 4.69) is 0 Å². The number of amides is 3. The zero-order chi connectivity index (χ0) is 20.4. The van der Waals surface area contributed by atoms with Crippen LogP contribution in [0.25, 0.3) is 0 Å². The van der Waals surface area contributed by atoms with Gasteiger partial charge in [0.15, 0.2) is 0 Å². The number of nitro groups is 1. The third kappa shape index (κ3) is 3.83. The third-order valence-corrected chi connectivity index (χ3v) is 4.73. The Morgan fingerprint density at radius 2 is 1.75 bits per heavy atom. The van der Waals surface area contributed by atoms with Gasteiger partial charge in [-0.25, -0.2) is 5.01 Å². The van der Waals surface area contributed by atoms with Crippen LogP contribution < -0.4 is 0 Å². The van der Waals surface area contributed by atoms with Crippen LogP contribution in [0.4, 0.5) is 5.69 Å². The Hall–Kier alpha value is -2.97.